The van der Waals surface area contributed by atoms with Crippen molar-refractivity contribution in [2.75, 3.05) is 13.6 Å². The van der Waals surface area contributed by atoms with Crippen LogP contribution in [0.3, 0.4) is 0 Å². The highest BCUT2D eigenvalue weighted by Crippen LogP contribution is 2.62. The number of hydrogen-bond acceptors (Lipinski definition) is 2. The summed E-state index contributed by atoms with van der Waals surface area (Å²) < 4.78 is 0. The molecule has 0 saturated heterocycles. The Morgan fingerprint density at radius 1 is 1.16 bits per heavy atom. The summed E-state index contributed by atoms with van der Waals surface area (Å²) in [6.45, 7) is -0.265. The van der Waals surface area contributed by atoms with Gasteiger partial charge in [0.25, 0.3) is 0 Å². The highest BCUT2D eigenvalue weighted by molar-refractivity contribution is 5.80. The van der Waals surface area contributed by atoms with E-state index < -0.39 is 5.97 Å². The molecule has 2 N–H and O–H groups in total. The Bertz CT molecular complexity index is 673. The molecule has 4 fully saturated rings. The van der Waals surface area contributed by atoms with Gasteiger partial charge in [-0.15, -0.1) is 0 Å². The number of amides is 2. The quantitative estimate of drug-likeness (QED) is 0.884. The standard InChI is InChI=1S/C20H26N2O3/c1-22(12-17(23)24)18(25)21-20-10-14-7-15(11-20)9-19(8-14,13-20)16-5-3-2-4-6-16/h2-6,14-15H,7-13H2,1H3,(H,21,25)(H,23,24)/t14-,15-,19?,20?/m1/s1. The lowest BCUT2D eigenvalue weighted by Gasteiger charge is -2.62. The van der Waals surface area contributed by atoms with Gasteiger partial charge in [0, 0.05) is 12.6 Å². The van der Waals surface area contributed by atoms with Gasteiger partial charge in [-0.25, -0.2) is 4.79 Å². The molecule has 25 heavy (non-hydrogen) atoms. The lowest BCUT2D eigenvalue weighted by molar-refractivity contribution is -0.137. The minimum absolute atomic E-state index is 0.171. The van der Waals surface area contributed by atoms with Gasteiger partial charge in [-0.1, -0.05) is 30.3 Å². The second-order valence-electron chi connectivity index (χ2n) is 8.57. The van der Waals surface area contributed by atoms with Crippen LogP contribution in [0.5, 0.6) is 0 Å². The zero-order chi connectivity index (χ0) is 17.7. The molecule has 0 radical (unpaired) electrons. The first-order chi connectivity index (χ1) is 11.9. The maximum Gasteiger partial charge on any atom is 0.323 e. The summed E-state index contributed by atoms with van der Waals surface area (Å²) in [7, 11) is 1.55. The predicted octanol–water partition coefficient (Wildman–Crippen LogP) is 3.00. The molecular weight excluding hydrogens is 316 g/mol. The van der Waals surface area contributed by atoms with E-state index in [0.717, 1.165) is 19.3 Å². The van der Waals surface area contributed by atoms with Crippen molar-refractivity contribution in [1.29, 1.82) is 0 Å². The van der Waals surface area contributed by atoms with Gasteiger partial charge in [0.05, 0.1) is 0 Å². The smallest absolute Gasteiger partial charge is 0.323 e. The maximum absolute atomic E-state index is 12.6. The molecule has 0 heterocycles. The van der Waals surface area contributed by atoms with Crippen LogP contribution in [0.15, 0.2) is 30.3 Å². The lowest BCUT2D eigenvalue weighted by Crippen LogP contribution is -2.65. The number of carboxylic acids is 1. The van der Waals surface area contributed by atoms with Gasteiger partial charge in [-0.2, -0.15) is 0 Å². The van der Waals surface area contributed by atoms with Crippen LogP contribution in [-0.4, -0.2) is 41.1 Å². The number of carbonyl (C=O) groups excluding carboxylic acids is 1. The zero-order valence-corrected chi connectivity index (χ0v) is 14.7. The van der Waals surface area contributed by atoms with Crippen molar-refractivity contribution < 1.29 is 14.7 Å². The normalized spacial score (nSPS) is 35.4. The number of benzene rings is 1. The zero-order valence-electron chi connectivity index (χ0n) is 14.7. The van der Waals surface area contributed by atoms with E-state index >= 15 is 0 Å². The fraction of sp³-hybridized carbons (Fsp3) is 0.600. The SMILES string of the molecule is CN(CC(=O)O)C(=O)NC12C[C@@H]3C[C@@H](C1)CC(c1ccccc1)(C3)C2. The number of hydrogen-bond donors (Lipinski definition) is 2. The van der Waals surface area contributed by atoms with Gasteiger partial charge in [0.2, 0.25) is 0 Å². The minimum Gasteiger partial charge on any atom is -0.480 e. The number of aliphatic carboxylic acids is 1. The van der Waals surface area contributed by atoms with Crippen molar-refractivity contribution in [3.8, 4) is 0 Å². The van der Waals surface area contributed by atoms with E-state index in [4.69, 9.17) is 5.11 Å². The average Bonchev–Trinajstić information content (AvgIpc) is 2.53. The van der Waals surface area contributed by atoms with Gasteiger partial charge >= 0.3 is 12.0 Å². The van der Waals surface area contributed by atoms with E-state index in [2.05, 4.69) is 35.6 Å². The second-order valence-corrected chi connectivity index (χ2v) is 8.57. The highest BCUT2D eigenvalue weighted by atomic mass is 16.4. The molecule has 2 atom stereocenters. The molecule has 5 nitrogen and oxygen atoms in total. The van der Waals surface area contributed by atoms with Crippen LogP contribution in [0.1, 0.15) is 44.1 Å². The van der Waals surface area contributed by atoms with Crippen LogP contribution in [0, 0.1) is 11.8 Å². The van der Waals surface area contributed by atoms with E-state index in [9.17, 15) is 9.59 Å². The summed E-state index contributed by atoms with van der Waals surface area (Å²) in [6.07, 6.45) is 6.75. The molecule has 2 amide bonds. The number of nitrogens with one attached hydrogen (secondary N) is 1. The summed E-state index contributed by atoms with van der Waals surface area (Å²) in [6, 6.07) is 10.5. The fourth-order valence-corrected chi connectivity index (χ4v) is 6.14. The first kappa shape index (κ1) is 16.4. The molecule has 5 rings (SSSR count). The minimum atomic E-state index is -0.982. The van der Waals surface area contributed by atoms with E-state index in [1.54, 1.807) is 7.05 Å². The van der Waals surface area contributed by atoms with Gasteiger partial charge in [0.15, 0.2) is 0 Å². The molecule has 0 spiro atoms. The Labute approximate surface area is 148 Å². The van der Waals surface area contributed by atoms with Gasteiger partial charge in [-0.05, 0) is 61.3 Å². The van der Waals surface area contributed by atoms with E-state index in [0.29, 0.717) is 11.8 Å². The summed E-state index contributed by atoms with van der Waals surface area (Å²) >= 11 is 0. The Kier molecular flexibility index (Phi) is 3.78. The Morgan fingerprint density at radius 2 is 1.80 bits per heavy atom. The molecule has 134 valence electrons. The van der Waals surface area contributed by atoms with Gasteiger partial charge in [-0.3, -0.25) is 4.79 Å². The summed E-state index contributed by atoms with van der Waals surface area (Å²) in [5.41, 5.74) is 1.40. The molecule has 0 aromatic heterocycles. The molecule has 0 unspecified atom stereocenters. The first-order valence-corrected chi connectivity index (χ1v) is 9.20. The Balaban J connectivity index is 1.59. The number of likely N-dealkylation sites (N-methyl/N-ethyl adjacent to an activating group) is 1. The Morgan fingerprint density at radius 3 is 2.40 bits per heavy atom. The summed E-state index contributed by atoms with van der Waals surface area (Å²) in [4.78, 5) is 24.7. The molecule has 1 aromatic carbocycles. The van der Waals surface area contributed by atoms with Crippen LogP contribution in [0.4, 0.5) is 4.79 Å². The first-order valence-electron chi connectivity index (χ1n) is 9.20. The van der Waals surface area contributed by atoms with Crippen LogP contribution < -0.4 is 5.32 Å². The maximum atomic E-state index is 12.6. The van der Waals surface area contributed by atoms with Crippen molar-refractivity contribution >= 4 is 12.0 Å². The third kappa shape index (κ3) is 2.90. The number of carbonyl (C=O) groups is 2. The van der Waals surface area contributed by atoms with E-state index in [-0.39, 0.29) is 23.5 Å². The largest absolute Gasteiger partial charge is 0.480 e. The third-order valence-electron chi connectivity index (χ3n) is 6.54. The molecule has 4 saturated carbocycles. The van der Waals surface area contributed by atoms with Crippen molar-refractivity contribution in [2.45, 2.75) is 49.5 Å². The van der Waals surface area contributed by atoms with E-state index in [1.807, 2.05) is 0 Å². The van der Waals surface area contributed by atoms with Crippen molar-refractivity contribution in [3.63, 3.8) is 0 Å². The molecular formula is C20H26N2O3. The molecule has 4 aliphatic carbocycles. The number of carboxylic acid groups (broad SMARTS) is 1. The number of rotatable bonds is 4. The van der Waals surface area contributed by atoms with Gasteiger partial charge < -0.3 is 15.3 Å². The predicted molar refractivity (Wildman–Crippen MR) is 94.3 cm³/mol. The third-order valence-corrected chi connectivity index (χ3v) is 6.54. The fourth-order valence-electron chi connectivity index (χ4n) is 6.14. The molecule has 1 aromatic rings. The van der Waals surface area contributed by atoms with Crippen LogP contribution in [0.2, 0.25) is 0 Å². The molecule has 5 heteroatoms. The molecule has 4 aliphatic rings. The van der Waals surface area contributed by atoms with Crippen LogP contribution in [0.25, 0.3) is 0 Å². The van der Waals surface area contributed by atoms with Gasteiger partial charge in [0.1, 0.15) is 6.54 Å². The van der Waals surface area contributed by atoms with Crippen LogP contribution >= 0.6 is 0 Å². The topological polar surface area (TPSA) is 69.6 Å². The number of nitrogens with zero attached hydrogens (tertiary/aromatic N) is 1. The second kappa shape index (κ2) is 5.75. The van der Waals surface area contributed by atoms with Crippen molar-refractivity contribution in [2.24, 2.45) is 11.8 Å². The van der Waals surface area contributed by atoms with E-state index in [1.165, 1.54) is 29.7 Å². The Hall–Kier alpha value is -2.04. The number of urea groups is 1. The van der Waals surface area contributed by atoms with Crippen LogP contribution in [-0.2, 0) is 10.2 Å². The molecule has 0 aliphatic heterocycles. The van der Waals surface area contributed by atoms with Crippen molar-refractivity contribution in [3.05, 3.63) is 35.9 Å². The van der Waals surface area contributed by atoms with Crippen molar-refractivity contribution in [1.82, 2.24) is 10.2 Å². The summed E-state index contributed by atoms with van der Waals surface area (Å²) in [5, 5.41) is 12.2. The lowest BCUT2D eigenvalue weighted by atomic mass is 9.45. The highest BCUT2D eigenvalue weighted by Gasteiger charge is 2.58. The molecule has 4 bridgehead atoms. The monoisotopic (exact) mass is 342 g/mol. The average molecular weight is 342 g/mol. The summed E-state index contributed by atoms with van der Waals surface area (Å²) in [5.74, 6) is 0.335.